The minimum atomic E-state index is -0.386. The first-order chi connectivity index (χ1) is 18.9. The van der Waals surface area contributed by atoms with E-state index in [-0.39, 0.29) is 11.0 Å². The van der Waals surface area contributed by atoms with Crippen molar-refractivity contribution in [3.05, 3.63) is 99.4 Å². The standard InChI is InChI=1S/C30H19Br2N3O3S/c1-37-27-22(14-16-6-2-3-7-18(16)26(27)32)28(36)35-30(39)33-17-12-13-25-24(15-17)34-29(38-25)21-10-4-9-20-19(21)8-5-11-23(20)31/h2-15H,1H3,(H2,33,35,36,39). The highest BCUT2D eigenvalue weighted by atomic mass is 79.9. The number of fused-ring (bicyclic) bond motifs is 3. The molecule has 6 nitrogen and oxygen atoms in total. The molecule has 0 radical (unpaired) electrons. The van der Waals surface area contributed by atoms with E-state index in [9.17, 15) is 4.79 Å². The van der Waals surface area contributed by atoms with Crippen LogP contribution in [0.15, 0.2) is 98.3 Å². The van der Waals surface area contributed by atoms with Crippen LogP contribution in [0.4, 0.5) is 5.69 Å². The van der Waals surface area contributed by atoms with Crippen molar-refractivity contribution in [3.63, 3.8) is 0 Å². The zero-order chi connectivity index (χ0) is 27.1. The third-order valence-corrected chi connectivity index (χ3v) is 8.04. The van der Waals surface area contributed by atoms with Gasteiger partial charge in [-0.15, -0.1) is 0 Å². The van der Waals surface area contributed by atoms with Crippen LogP contribution >= 0.6 is 44.1 Å². The molecule has 6 rings (SSSR count). The highest BCUT2D eigenvalue weighted by molar-refractivity contribution is 9.11. The van der Waals surface area contributed by atoms with Crippen molar-refractivity contribution < 1.29 is 13.9 Å². The van der Waals surface area contributed by atoms with Gasteiger partial charge in [0, 0.05) is 15.7 Å². The summed E-state index contributed by atoms with van der Waals surface area (Å²) in [7, 11) is 1.53. The summed E-state index contributed by atoms with van der Waals surface area (Å²) in [6, 6.07) is 27.1. The molecule has 0 aliphatic heterocycles. The van der Waals surface area contributed by atoms with Gasteiger partial charge in [-0.25, -0.2) is 4.98 Å². The molecule has 1 amide bonds. The van der Waals surface area contributed by atoms with Crippen LogP contribution in [-0.4, -0.2) is 23.1 Å². The van der Waals surface area contributed by atoms with Gasteiger partial charge in [0.15, 0.2) is 10.7 Å². The number of anilines is 1. The fraction of sp³-hybridized carbons (Fsp3) is 0.0333. The predicted molar refractivity (Wildman–Crippen MR) is 167 cm³/mol. The molecule has 192 valence electrons. The van der Waals surface area contributed by atoms with Crippen LogP contribution < -0.4 is 15.4 Å². The van der Waals surface area contributed by atoms with E-state index in [1.54, 1.807) is 6.07 Å². The molecule has 6 aromatic rings. The van der Waals surface area contributed by atoms with E-state index >= 15 is 0 Å². The van der Waals surface area contributed by atoms with Crippen LogP contribution in [0.2, 0.25) is 0 Å². The Morgan fingerprint density at radius 2 is 1.69 bits per heavy atom. The number of hydrogen-bond acceptors (Lipinski definition) is 5. The number of oxazole rings is 1. The van der Waals surface area contributed by atoms with Crippen molar-refractivity contribution >= 4 is 93.4 Å². The molecule has 0 spiro atoms. The summed E-state index contributed by atoms with van der Waals surface area (Å²) in [5.74, 6) is 0.574. The lowest BCUT2D eigenvalue weighted by Gasteiger charge is -2.14. The number of methoxy groups -OCH3 is 1. The quantitative estimate of drug-likeness (QED) is 0.185. The van der Waals surface area contributed by atoms with E-state index in [0.29, 0.717) is 38.5 Å². The molecule has 9 heteroatoms. The van der Waals surface area contributed by atoms with Gasteiger partial charge in [-0.1, -0.05) is 64.5 Å². The van der Waals surface area contributed by atoms with Crippen molar-refractivity contribution in [1.82, 2.24) is 10.3 Å². The number of nitrogens with zero attached hydrogens (tertiary/aromatic N) is 1. The second kappa shape index (κ2) is 10.4. The maximum Gasteiger partial charge on any atom is 0.261 e. The molecular weight excluding hydrogens is 642 g/mol. The molecule has 0 unspecified atom stereocenters. The fourth-order valence-electron chi connectivity index (χ4n) is 4.56. The first-order valence-corrected chi connectivity index (χ1v) is 13.9. The molecule has 0 aliphatic carbocycles. The molecule has 0 saturated heterocycles. The molecule has 1 aromatic heterocycles. The van der Waals surface area contributed by atoms with E-state index in [2.05, 4.69) is 48.6 Å². The van der Waals surface area contributed by atoms with Crippen molar-refractivity contribution in [2.24, 2.45) is 0 Å². The van der Waals surface area contributed by atoms with Gasteiger partial charge >= 0.3 is 0 Å². The SMILES string of the molecule is COc1c(C(=O)NC(=S)Nc2ccc3oc(-c4cccc5c(Br)cccc45)nc3c2)cc2ccccc2c1Br. The predicted octanol–water partition coefficient (Wildman–Crippen LogP) is 8.46. The Hall–Kier alpha value is -3.79. The van der Waals surface area contributed by atoms with Gasteiger partial charge in [-0.2, -0.15) is 0 Å². The van der Waals surface area contributed by atoms with Gasteiger partial charge in [0.25, 0.3) is 5.91 Å². The van der Waals surface area contributed by atoms with Gasteiger partial charge in [0.1, 0.15) is 11.3 Å². The van der Waals surface area contributed by atoms with E-state index in [0.717, 1.165) is 31.6 Å². The summed E-state index contributed by atoms with van der Waals surface area (Å²) in [6.45, 7) is 0. The number of hydrogen-bond donors (Lipinski definition) is 2. The monoisotopic (exact) mass is 659 g/mol. The lowest BCUT2D eigenvalue weighted by molar-refractivity contribution is 0.0975. The van der Waals surface area contributed by atoms with Gasteiger partial charge < -0.3 is 14.5 Å². The second-order valence-corrected chi connectivity index (χ2v) is 10.8. The molecule has 39 heavy (non-hydrogen) atoms. The van der Waals surface area contributed by atoms with Crippen LogP contribution in [0.1, 0.15) is 10.4 Å². The summed E-state index contributed by atoms with van der Waals surface area (Å²) in [5.41, 5.74) is 3.24. The summed E-state index contributed by atoms with van der Waals surface area (Å²) in [5, 5.41) is 9.93. The molecular formula is C30H19Br2N3O3S. The molecule has 0 fully saturated rings. The lowest BCUT2D eigenvalue weighted by Crippen LogP contribution is -2.34. The van der Waals surface area contributed by atoms with Gasteiger partial charge in [-0.3, -0.25) is 10.1 Å². The number of halogens is 2. The smallest absolute Gasteiger partial charge is 0.261 e. The molecule has 0 saturated carbocycles. The van der Waals surface area contributed by atoms with Gasteiger partial charge in [0.2, 0.25) is 5.89 Å². The van der Waals surface area contributed by atoms with Crippen LogP contribution in [0.3, 0.4) is 0 Å². The first kappa shape index (κ1) is 25.5. The highest BCUT2D eigenvalue weighted by Gasteiger charge is 2.19. The zero-order valence-electron chi connectivity index (χ0n) is 20.4. The Kier molecular flexibility index (Phi) is 6.80. The third kappa shape index (κ3) is 4.78. The first-order valence-electron chi connectivity index (χ1n) is 11.9. The molecule has 5 aromatic carbocycles. The number of carbonyl (C=O) groups is 1. The lowest BCUT2D eigenvalue weighted by atomic mass is 10.0. The number of aromatic nitrogens is 1. The molecule has 1 heterocycles. The van der Waals surface area contributed by atoms with E-state index in [4.69, 9.17) is 26.4 Å². The van der Waals surface area contributed by atoms with Gasteiger partial charge in [-0.05, 0) is 86.1 Å². The number of carbonyl (C=O) groups excluding carboxylic acids is 1. The number of amides is 1. The number of benzene rings is 5. The summed E-state index contributed by atoms with van der Waals surface area (Å²) in [6.07, 6.45) is 0. The van der Waals surface area contributed by atoms with Crippen molar-refractivity contribution in [2.75, 3.05) is 12.4 Å². The Bertz CT molecular complexity index is 1940. The number of ether oxygens (including phenoxy) is 1. The average molecular weight is 661 g/mol. The van der Waals surface area contributed by atoms with Crippen molar-refractivity contribution in [1.29, 1.82) is 0 Å². The number of rotatable bonds is 4. The summed E-state index contributed by atoms with van der Waals surface area (Å²) >= 11 is 12.6. The van der Waals surface area contributed by atoms with E-state index < -0.39 is 0 Å². The minimum Gasteiger partial charge on any atom is -0.495 e. The molecule has 0 atom stereocenters. The fourth-order valence-corrected chi connectivity index (χ4v) is 6.01. The molecule has 2 N–H and O–H groups in total. The number of nitrogens with one attached hydrogen (secondary N) is 2. The van der Waals surface area contributed by atoms with Crippen molar-refractivity contribution in [3.8, 4) is 17.2 Å². The minimum absolute atomic E-state index is 0.147. The van der Waals surface area contributed by atoms with Crippen LogP contribution in [-0.2, 0) is 0 Å². The second-order valence-electron chi connectivity index (χ2n) is 8.74. The average Bonchev–Trinajstić information content (AvgIpc) is 3.36. The maximum absolute atomic E-state index is 13.2. The Morgan fingerprint density at radius 3 is 2.54 bits per heavy atom. The van der Waals surface area contributed by atoms with Gasteiger partial charge in [0.05, 0.1) is 17.1 Å². The Labute approximate surface area is 245 Å². The van der Waals surface area contributed by atoms with Crippen LogP contribution in [0.25, 0.3) is 44.1 Å². The summed E-state index contributed by atoms with van der Waals surface area (Å²) in [4.78, 5) is 17.9. The van der Waals surface area contributed by atoms with E-state index in [1.807, 2.05) is 72.8 Å². The maximum atomic E-state index is 13.2. The zero-order valence-corrected chi connectivity index (χ0v) is 24.4. The van der Waals surface area contributed by atoms with Crippen molar-refractivity contribution in [2.45, 2.75) is 0 Å². The molecule has 0 bridgehead atoms. The van der Waals surface area contributed by atoms with Crippen LogP contribution in [0, 0.1) is 0 Å². The Balaban J connectivity index is 1.24. The third-order valence-electron chi connectivity index (χ3n) is 6.36. The van der Waals surface area contributed by atoms with E-state index in [1.165, 1.54) is 7.11 Å². The number of thiocarbonyl (C=S) groups is 1. The highest BCUT2D eigenvalue weighted by Crippen LogP contribution is 2.37. The van der Waals surface area contributed by atoms with Crippen LogP contribution in [0.5, 0.6) is 5.75 Å². The summed E-state index contributed by atoms with van der Waals surface area (Å²) < 4.78 is 13.3. The molecule has 0 aliphatic rings. The Morgan fingerprint density at radius 1 is 0.923 bits per heavy atom. The largest absolute Gasteiger partial charge is 0.495 e. The topological polar surface area (TPSA) is 76.4 Å². The normalized spacial score (nSPS) is 11.2.